The van der Waals surface area contributed by atoms with Crippen LogP contribution in [0.3, 0.4) is 0 Å². The second-order valence-corrected chi connectivity index (χ2v) is 12.8. The first kappa shape index (κ1) is 29.0. The van der Waals surface area contributed by atoms with Gasteiger partial charge in [-0.3, -0.25) is 9.97 Å². The third kappa shape index (κ3) is 5.29. The molecule has 0 atom stereocenters. The number of nitrogens with zero attached hydrogens (tertiary/aromatic N) is 4. The van der Waals surface area contributed by atoms with Gasteiger partial charge in [0.2, 0.25) is 0 Å². The number of aromatic nitrogens is 4. The molecule has 5 nitrogen and oxygen atoms in total. The summed E-state index contributed by atoms with van der Waals surface area (Å²) in [5.41, 5.74) is 12.7. The second kappa shape index (κ2) is 11.9. The number of para-hydroxylation sites is 1. The fourth-order valence-electron chi connectivity index (χ4n) is 6.96. The fraction of sp³-hybridized carbons (Fsp3) is 0. The zero-order valence-electron chi connectivity index (χ0n) is 27.4. The highest BCUT2D eigenvalue weighted by atomic mass is 16.3. The van der Waals surface area contributed by atoms with Gasteiger partial charge in [-0.15, -0.1) is 0 Å². The van der Waals surface area contributed by atoms with Gasteiger partial charge in [0.15, 0.2) is 5.82 Å². The normalized spacial score (nSPS) is 11.5. The number of rotatable bonds is 5. The Morgan fingerprint density at radius 3 is 1.65 bits per heavy atom. The molecule has 238 valence electrons. The average molecular weight is 653 g/mol. The summed E-state index contributed by atoms with van der Waals surface area (Å²) < 4.78 is 6.15. The van der Waals surface area contributed by atoms with Crippen LogP contribution < -0.4 is 0 Å². The number of fused-ring (bicyclic) bond motifs is 5. The highest BCUT2D eigenvalue weighted by Crippen LogP contribution is 2.37. The van der Waals surface area contributed by atoms with Crippen LogP contribution >= 0.6 is 0 Å². The number of pyridine rings is 2. The molecule has 0 aliphatic heterocycles. The Bertz CT molecular complexity index is 2830. The standard InChI is InChI=1S/C46H28N4O/c1-2-8-29(9-3-1)46-49-42(34-16-19-45-39(27-34)38-12-4-5-13-44(38)51-45)28-43(50-46)37-25-35(30-14-17-40-32(22-30)10-6-20-47-40)24-36(26-37)31-15-18-41-33(23-31)11-7-21-48-41/h1-28H. The predicted molar refractivity (Wildman–Crippen MR) is 207 cm³/mol. The molecule has 4 heterocycles. The molecule has 4 aromatic heterocycles. The van der Waals surface area contributed by atoms with E-state index in [0.29, 0.717) is 5.82 Å². The maximum atomic E-state index is 6.15. The maximum absolute atomic E-state index is 6.15. The monoisotopic (exact) mass is 652 g/mol. The SMILES string of the molecule is c1ccc(-c2nc(-c3cc(-c4ccc5ncccc5c4)cc(-c4ccc5ncccc5c4)c3)cc(-c3ccc4oc5ccccc5c4c3)n2)cc1. The van der Waals surface area contributed by atoms with E-state index < -0.39 is 0 Å². The van der Waals surface area contributed by atoms with Crippen LogP contribution in [-0.2, 0) is 0 Å². The molecule has 10 rings (SSSR count). The smallest absolute Gasteiger partial charge is 0.160 e. The van der Waals surface area contributed by atoms with Crippen LogP contribution in [0.4, 0.5) is 0 Å². The van der Waals surface area contributed by atoms with Crippen molar-refractivity contribution in [3.63, 3.8) is 0 Å². The van der Waals surface area contributed by atoms with Crippen molar-refractivity contribution in [2.24, 2.45) is 0 Å². The van der Waals surface area contributed by atoms with E-state index in [2.05, 4.69) is 113 Å². The van der Waals surface area contributed by atoms with Gasteiger partial charge in [-0.2, -0.15) is 0 Å². The van der Waals surface area contributed by atoms with Gasteiger partial charge in [0, 0.05) is 50.6 Å². The molecule has 0 aliphatic rings. The van der Waals surface area contributed by atoms with Crippen molar-refractivity contribution in [3.05, 3.63) is 170 Å². The summed E-state index contributed by atoms with van der Waals surface area (Å²) in [6.45, 7) is 0. The van der Waals surface area contributed by atoms with E-state index >= 15 is 0 Å². The lowest BCUT2D eigenvalue weighted by molar-refractivity contribution is 0.669. The number of hydrogen-bond donors (Lipinski definition) is 0. The van der Waals surface area contributed by atoms with Gasteiger partial charge in [-0.25, -0.2) is 9.97 Å². The van der Waals surface area contributed by atoms with Crippen LogP contribution in [0.15, 0.2) is 175 Å². The van der Waals surface area contributed by atoms with Gasteiger partial charge < -0.3 is 4.42 Å². The van der Waals surface area contributed by atoms with Crippen molar-refractivity contribution in [2.75, 3.05) is 0 Å². The van der Waals surface area contributed by atoms with Crippen LogP contribution in [0, 0.1) is 0 Å². The minimum atomic E-state index is 0.667. The molecule has 5 heteroatoms. The van der Waals surface area contributed by atoms with E-state index in [4.69, 9.17) is 14.4 Å². The number of furan rings is 1. The van der Waals surface area contributed by atoms with E-state index in [1.165, 1.54) is 0 Å². The zero-order chi connectivity index (χ0) is 33.7. The summed E-state index contributed by atoms with van der Waals surface area (Å²) in [4.78, 5) is 19.5. The summed E-state index contributed by atoms with van der Waals surface area (Å²) in [6, 6.07) is 54.5. The molecule has 51 heavy (non-hydrogen) atoms. The molecule has 0 N–H and O–H groups in total. The molecular weight excluding hydrogens is 625 g/mol. The molecule has 0 aliphatic carbocycles. The van der Waals surface area contributed by atoms with Crippen molar-refractivity contribution in [3.8, 4) is 56.2 Å². The topological polar surface area (TPSA) is 64.7 Å². The Morgan fingerprint density at radius 2 is 0.941 bits per heavy atom. The van der Waals surface area contributed by atoms with Crippen LogP contribution in [-0.4, -0.2) is 19.9 Å². The van der Waals surface area contributed by atoms with Gasteiger partial charge in [-0.05, 0) is 107 Å². The molecular formula is C46H28N4O. The lowest BCUT2D eigenvalue weighted by atomic mass is 9.93. The van der Waals surface area contributed by atoms with Gasteiger partial charge in [0.1, 0.15) is 11.2 Å². The zero-order valence-corrected chi connectivity index (χ0v) is 27.4. The quantitative estimate of drug-likeness (QED) is 0.185. The number of hydrogen-bond acceptors (Lipinski definition) is 5. The third-order valence-electron chi connectivity index (χ3n) is 9.53. The molecule has 0 saturated heterocycles. The Hall–Kier alpha value is -6.98. The average Bonchev–Trinajstić information content (AvgIpc) is 3.58. The van der Waals surface area contributed by atoms with Gasteiger partial charge in [-0.1, -0.05) is 72.8 Å². The first-order chi connectivity index (χ1) is 25.2. The molecule has 0 saturated carbocycles. The summed E-state index contributed by atoms with van der Waals surface area (Å²) >= 11 is 0. The van der Waals surface area contributed by atoms with Gasteiger partial charge in [0.25, 0.3) is 0 Å². The van der Waals surface area contributed by atoms with Crippen molar-refractivity contribution in [1.29, 1.82) is 0 Å². The largest absolute Gasteiger partial charge is 0.456 e. The van der Waals surface area contributed by atoms with Crippen LogP contribution in [0.1, 0.15) is 0 Å². The Balaban J connectivity index is 1.20. The molecule has 6 aromatic carbocycles. The summed E-state index contributed by atoms with van der Waals surface area (Å²) in [5.74, 6) is 0.667. The predicted octanol–water partition coefficient (Wildman–Crippen LogP) is 11.8. The van der Waals surface area contributed by atoms with Crippen molar-refractivity contribution in [2.45, 2.75) is 0 Å². The van der Waals surface area contributed by atoms with Crippen LogP contribution in [0.2, 0.25) is 0 Å². The highest BCUT2D eigenvalue weighted by Gasteiger charge is 2.16. The minimum Gasteiger partial charge on any atom is -0.456 e. The van der Waals surface area contributed by atoms with Crippen molar-refractivity contribution >= 4 is 43.7 Å². The Labute approximate surface area is 293 Å². The van der Waals surface area contributed by atoms with Crippen LogP contribution in [0.5, 0.6) is 0 Å². The third-order valence-corrected chi connectivity index (χ3v) is 9.53. The molecule has 0 amide bonds. The van der Waals surface area contributed by atoms with Crippen molar-refractivity contribution < 1.29 is 4.42 Å². The van der Waals surface area contributed by atoms with E-state index in [1.54, 1.807) is 0 Å². The van der Waals surface area contributed by atoms with Crippen LogP contribution in [0.25, 0.3) is 99.9 Å². The lowest BCUT2D eigenvalue weighted by Crippen LogP contribution is -1.96. The summed E-state index contributed by atoms with van der Waals surface area (Å²) in [6.07, 6.45) is 3.66. The molecule has 0 bridgehead atoms. The Morgan fingerprint density at radius 1 is 0.353 bits per heavy atom. The first-order valence-corrected chi connectivity index (χ1v) is 16.9. The van der Waals surface area contributed by atoms with Crippen molar-refractivity contribution in [1.82, 2.24) is 19.9 Å². The molecule has 0 unspecified atom stereocenters. The summed E-state index contributed by atoms with van der Waals surface area (Å²) in [5, 5.41) is 4.33. The lowest BCUT2D eigenvalue weighted by Gasteiger charge is -2.14. The first-order valence-electron chi connectivity index (χ1n) is 16.9. The Kier molecular flexibility index (Phi) is 6.74. The molecule has 0 fully saturated rings. The molecule has 10 aromatic rings. The molecule has 0 spiro atoms. The van der Waals surface area contributed by atoms with Gasteiger partial charge in [0.05, 0.1) is 22.4 Å². The van der Waals surface area contributed by atoms with E-state index in [1.807, 2.05) is 67.0 Å². The number of benzene rings is 6. The van der Waals surface area contributed by atoms with E-state index in [0.717, 1.165) is 94.1 Å². The fourth-order valence-corrected chi connectivity index (χ4v) is 6.96. The van der Waals surface area contributed by atoms with Gasteiger partial charge >= 0.3 is 0 Å². The minimum absolute atomic E-state index is 0.667. The summed E-state index contributed by atoms with van der Waals surface area (Å²) in [7, 11) is 0. The van der Waals surface area contributed by atoms with E-state index in [9.17, 15) is 0 Å². The maximum Gasteiger partial charge on any atom is 0.160 e. The van der Waals surface area contributed by atoms with E-state index in [-0.39, 0.29) is 0 Å². The highest BCUT2D eigenvalue weighted by molar-refractivity contribution is 6.06. The second-order valence-electron chi connectivity index (χ2n) is 12.8. The molecule has 0 radical (unpaired) electrons.